The zero-order chi connectivity index (χ0) is 23.8. The Morgan fingerprint density at radius 3 is 2.62 bits per heavy atom. The van der Waals surface area contributed by atoms with E-state index in [9.17, 15) is 4.39 Å². The van der Waals surface area contributed by atoms with Crippen molar-refractivity contribution >= 4 is 22.9 Å². The summed E-state index contributed by atoms with van der Waals surface area (Å²) in [5.74, 6) is -0.245. The van der Waals surface area contributed by atoms with E-state index in [-0.39, 0.29) is 11.9 Å². The highest BCUT2D eigenvalue weighted by atomic mass is 32.2. The third-order valence-electron chi connectivity index (χ3n) is 6.73. The molecular formula is C25H30FN7S. The Morgan fingerprint density at radius 2 is 1.91 bits per heavy atom. The molecule has 0 radical (unpaired) electrons. The van der Waals surface area contributed by atoms with Gasteiger partial charge in [-0.15, -0.1) is 5.10 Å². The number of benzene rings is 2. The second-order valence-corrected chi connectivity index (χ2v) is 10.1. The number of piperazine rings is 1. The van der Waals surface area contributed by atoms with Gasteiger partial charge in [-0.25, -0.2) is 13.4 Å². The summed E-state index contributed by atoms with van der Waals surface area (Å²) in [6.07, 6.45) is 4.84. The van der Waals surface area contributed by atoms with Crippen LogP contribution in [0, 0.1) is 12.7 Å². The minimum atomic E-state index is -0.245. The van der Waals surface area contributed by atoms with Gasteiger partial charge in [0.25, 0.3) is 0 Å². The third kappa shape index (κ3) is 4.47. The average molecular weight is 480 g/mol. The fraction of sp³-hybridized carbons (Fsp3) is 0.400. The molecule has 1 fully saturated rings. The molecule has 2 atom stereocenters. The van der Waals surface area contributed by atoms with Crippen LogP contribution in [0.25, 0.3) is 16.6 Å². The molecule has 0 N–H and O–H groups in total. The molecule has 1 aliphatic rings. The summed E-state index contributed by atoms with van der Waals surface area (Å²) >= 11 is 1.68. The monoisotopic (exact) mass is 479 g/mol. The Kier molecular flexibility index (Phi) is 6.42. The normalized spacial score (nSPS) is 18.6. The van der Waals surface area contributed by atoms with E-state index in [4.69, 9.17) is 0 Å². The number of fused-ring (bicyclic) bond motifs is 1. The van der Waals surface area contributed by atoms with Gasteiger partial charge >= 0.3 is 0 Å². The Morgan fingerprint density at radius 1 is 1.12 bits per heavy atom. The van der Waals surface area contributed by atoms with Gasteiger partial charge in [-0.1, -0.05) is 6.92 Å². The van der Waals surface area contributed by atoms with Crippen LogP contribution in [0.4, 0.5) is 4.39 Å². The highest BCUT2D eigenvalue weighted by Gasteiger charge is 2.32. The molecule has 2 aromatic heterocycles. The zero-order valence-corrected chi connectivity index (χ0v) is 20.8. The molecule has 0 bridgehead atoms. The van der Waals surface area contributed by atoms with Crippen LogP contribution in [0.2, 0.25) is 0 Å². The van der Waals surface area contributed by atoms with E-state index in [2.05, 4.69) is 57.4 Å². The second kappa shape index (κ2) is 9.48. The fourth-order valence-corrected chi connectivity index (χ4v) is 5.64. The Balaban J connectivity index is 1.49. The number of hydrogen-bond acceptors (Lipinski definition) is 6. The lowest BCUT2D eigenvalue weighted by Gasteiger charge is -2.44. The zero-order valence-electron chi connectivity index (χ0n) is 20.0. The predicted molar refractivity (Wildman–Crippen MR) is 133 cm³/mol. The van der Waals surface area contributed by atoms with E-state index in [1.165, 1.54) is 23.3 Å². The van der Waals surface area contributed by atoms with Crippen LogP contribution in [0.1, 0.15) is 37.4 Å². The van der Waals surface area contributed by atoms with E-state index in [0.29, 0.717) is 6.04 Å². The molecule has 0 amide bonds. The summed E-state index contributed by atoms with van der Waals surface area (Å²) in [6, 6.07) is 11.7. The minimum Gasteiger partial charge on any atom is -0.291 e. The topological polar surface area (TPSA) is 55.0 Å². The first-order valence-corrected chi connectivity index (χ1v) is 12.5. The molecule has 5 rings (SSSR count). The fourth-order valence-electron chi connectivity index (χ4n) is 4.74. The quantitative estimate of drug-likeness (QED) is 0.372. The first kappa shape index (κ1) is 23.0. The lowest BCUT2D eigenvalue weighted by Crippen LogP contribution is -2.49. The molecule has 4 aromatic rings. The van der Waals surface area contributed by atoms with Crippen LogP contribution in [0.3, 0.4) is 0 Å². The molecule has 34 heavy (non-hydrogen) atoms. The third-order valence-corrected chi connectivity index (χ3v) is 7.69. The van der Waals surface area contributed by atoms with Crippen LogP contribution in [0.5, 0.6) is 0 Å². The summed E-state index contributed by atoms with van der Waals surface area (Å²) in [5.41, 5.74) is 4.45. The number of nitrogens with zero attached hydrogens (tertiary/aromatic N) is 7. The molecule has 1 saturated heterocycles. The summed E-state index contributed by atoms with van der Waals surface area (Å²) in [6.45, 7) is 9.64. The van der Waals surface area contributed by atoms with Crippen LogP contribution in [-0.4, -0.2) is 59.7 Å². The van der Waals surface area contributed by atoms with Crippen LogP contribution in [-0.2, 0) is 7.05 Å². The molecule has 0 saturated carbocycles. The maximum Gasteiger partial charge on any atom is 0.153 e. The van der Waals surface area contributed by atoms with Gasteiger partial charge in [-0.2, -0.15) is 15.0 Å². The molecule has 1 aliphatic heterocycles. The predicted octanol–water partition coefficient (Wildman–Crippen LogP) is 4.77. The molecule has 7 nitrogen and oxygen atoms in total. The van der Waals surface area contributed by atoms with Gasteiger partial charge in [-0.3, -0.25) is 4.90 Å². The SMILES string of the molecule is CCC(C)N1CCN(Sc2cnn(C)n2)CC1c1cc2cnn(-c3ccc(F)cc3)c2cc1C. The van der Waals surface area contributed by atoms with Gasteiger partial charge < -0.3 is 0 Å². The molecule has 3 heterocycles. The van der Waals surface area contributed by atoms with Crippen molar-refractivity contribution in [2.75, 3.05) is 19.6 Å². The second-order valence-electron chi connectivity index (χ2n) is 8.96. The van der Waals surface area contributed by atoms with Gasteiger partial charge in [0.05, 0.1) is 23.6 Å². The number of aryl methyl sites for hydroxylation is 2. The van der Waals surface area contributed by atoms with E-state index < -0.39 is 0 Å². The number of hydrogen-bond donors (Lipinski definition) is 0. The summed E-state index contributed by atoms with van der Waals surface area (Å²) < 4.78 is 17.7. The summed E-state index contributed by atoms with van der Waals surface area (Å²) in [5, 5.41) is 15.3. The Labute approximate surface area is 203 Å². The van der Waals surface area contributed by atoms with Gasteiger partial charge in [0.2, 0.25) is 0 Å². The standard InChI is InChI=1S/C25H30FN7S/c1-5-18(3)32-11-10-31(34-25-15-27-30(4)29-25)16-24(32)22-13-19-14-28-33(23(19)12-17(22)2)21-8-6-20(26)7-9-21/h6-9,12-15,18,24H,5,10-11,16H2,1-4H3. The minimum absolute atomic E-state index is 0.245. The van der Waals surface area contributed by atoms with Crippen molar-refractivity contribution in [1.82, 2.24) is 34.0 Å². The average Bonchev–Trinajstić information content (AvgIpc) is 3.44. The molecule has 178 valence electrons. The van der Waals surface area contributed by atoms with E-state index in [1.807, 2.05) is 24.1 Å². The largest absolute Gasteiger partial charge is 0.291 e. The van der Waals surface area contributed by atoms with Gasteiger partial charge in [0, 0.05) is 44.2 Å². The molecule has 9 heteroatoms. The molecule has 0 aliphatic carbocycles. The van der Waals surface area contributed by atoms with E-state index >= 15 is 0 Å². The highest BCUT2D eigenvalue weighted by Crippen LogP contribution is 2.36. The van der Waals surface area contributed by atoms with Crippen molar-refractivity contribution < 1.29 is 4.39 Å². The van der Waals surface area contributed by atoms with Crippen molar-refractivity contribution in [3.63, 3.8) is 0 Å². The van der Waals surface area contributed by atoms with Crippen LogP contribution >= 0.6 is 11.9 Å². The van der Waals surface area contributed by atoms with Gasteiger partial charge in [0.1, 0.15) is 5.82 Å². The molecule has 0 spiro atoms. The highest BCUT2D eigenvalue weighted by molar-refractivity contribution is 7.97. The number of aromatic nitrogens is 5. The Hall–Kier alpha value is -2.75. The Bertz CT molecular complexity index is 1280. The lowest BCUT2D eigenvalue weighted by atomic mass is 9.95. The number of halogens is 1. The first-order valence-electron chi connectivity index (χ1n) is 11.7. The number of rotatable bonds is 6. The van der Waals surface area contributed by atoms with Crippen molar-refractivity contribution in [2.45, 2.75) is 44.3 Å². The van der Waals surface area contributed by atoms with Crippen molar-refractivity contribution in [1.29, 1.82) is 0 Å². The van der Waals surface area contributed by atoms with Crippen LogP contribution in [0.15, 0.2) is 53.8 Å². The van der Waals surface area contributed by atoms with Gasteiger partial charge in [0.15, 0.2) is 5.03 Å². The van der Waals surface area contributed by atoms with Gasteiger partial charge in [-0.05, 0) is 79.7 Å². The molecular weight excluding hydrogens is 449 g/mol. The van der Waals surface area contributed by atoms with E-state index in [1.54, 1.807) is 28.9 Å². The summed E-state index contributed by atoms with van der Waals surface area (Å²) in [4.78, 5) is 4.23. The summed E-state index contributed by atoms with van der Waals surface area (Å²) in [7, 11) is 1.85. The maximum atomic E-state index is 13.4. The van der Waals surface area contributed by atoms with Crippen molar-refractivity contribution in [2.24, 2.45) is 7.05 Å². The smallest absolute Gasteiger partial charge is 0.153 e. The van der Waals surface area contributed by atoms with Crippen LogP contribution < -0.4 is 0 Å². The lowest BCUT2D eigenvalue weighted by molar-refractivity contribution is 0.0820. The first-order chi connectivity index (χ1) is 16.4. The van der Waals surface area contributed by atoms with E-state index in [0.717, 1.165) is 47.7 Å². The molecule has 2 unspecified atom stereocenters. The maximum absolute atomic E-state index is 13.4. The van der Waals surface area contributed by atoms with Crippen molar-refractivity contribution in [3.8, 4) is 5.69 Å². The molecule has 2 aromatic carbocycles. The van der Waals surface area contributed by atoms with Crippen molar-refractivity contribution in [3.05, 3.63) is 65.7 Å².